The highest BCUT2D eigenvalue weighted by molar-refractivity contribution is 7.26. The fourth-order valence-corrected chi connectivity index (χ4v) is 10.7. The van der Waals surface area contributed by atoms with E-state index in [0.717, 1.165) is 0 Å². The van der Waals surface area contributed by atoms with Crippen molar-refractivity contribution in [3.63, 3.8) is 0 Å². The molecule has 0 amide bonds. The monoisotopic (exact) mass is 572 g/mol. The van der Waals surface area contributed by atoms with Crippen LogP contribution in [-0.2, 0) is 5.41 Å². The Bertz CT molecular complexity index is 2170. The Morgan fingerprint density at radius 2 is 1.49 bits per heavy atom. The lowest BCUT2D eigenvalue weighted by atomic mass is 9.33. The van der Waals surface area contributed by atoms with Gasteiger partial charge in [-0.2, -0.15) is 0 Å². The van der Waals surface area contributed by atoms with Gasteiger partial charge in [-0.25, -0.2) is 0 Å². The zero-order chi connectivity index (χ0) is 28.7. The fourth-order valence-electron chi connectivity index (χ4n) is 9.56. The van der Waals surface area contributed by atoms with Crippen LogP contribution >= 0.6 is 11.3 Å². The van der Waals surface area contributed by atoms with Crippen LogP contribution in [-0.4, -0.2) is 12.3 Å². The second kappa shape index (κ2) is 8.12. The Hall–Kier alpha value is -4.02. The Balaban J connectivity index is 1.39. The molecule has 4 heterocycles. The minimum Gasteiger partial charge on any atom is -0.335 e. The minimum atomic E-state index is 0.0571. The molecule has 208 valence electrons. The highest BCUT2D eigenvalue weighted by Crippen LogP contribution is 2.61. The van der Waals surface area contributed by atoms with E-state index in [1.807, 2.05) is 11.3 Å². The van der Waals surface area contributed by atoms with E-state index in [0.29, 0.717) is 0 Å². The molecule has 0 radical (unpaired) electrons. The maximum Gasteiger partial charge on any atom is 0.252 e. The van der Waals surface area contributed by atoms with E-state index in [4.69, 9.17) is 0 Å². The summed E-state index contributed by atoms with van der Waals surface area (Å²) in [5.41, 5.74) is 14.3. The first-order valence-electron chi connectivity index (χ1n) is 15.9. The molecule has 43 heavy (non-hydrogen) atoms. The molecule has 6 aromatic rings. The first-order chi connectivity index (χ1) is 21.0. The van der Waals surface area contributed by atoms with Crippen LogP contribution in [0, 0.1) is 6.92 Å². The van der Waals surface area contributed by atoms with Gasteiger partial charge < -0.3 is 9.80 Å². The summed E-state index contributed by atoms with van der Waals surface area (Å²) >= 11 is 1.92. The van der Waals surface area contributed by atoms with Crippen molar-refractivity contribution >= 4 is 83.0 Å². The molecular formula is C39H33BN2S. The van der Waals surface area contributed by atoms with E-state index < -0.39 is 0 Å². The molecule has 5 aromatic carbocycles. The molecule has 0 N–H and O–H groups in total. The zero-order valence-electron chi connectivity index (χ0n) is 24.9. The molecule has 2 atom stereocenters. The standard InChI is InChI=1S/C39H33BN2S/c1-24-22-30-35-31(23-24)42-36-27(38(2)20-9-10-21-39(38,42)3)15-11-16-28(36)40(35)29-18-19-33-34(26-14-7-8-17-32(26)43-33)37(29)41(30)25-12-5-4-6-13-25/h4-8,11-19,22-23H,9-10,20-21H2,1-3H3/t38?,39-/m1/s1. The van der Waals surface area contributed by atoms with Crippen LogP contribution in [0.25, 0.3) is 20.2 Å². The lowest BCUT2D eigenvalue weighted by Gasteiger charge is -2.52. The molecule has 0 bridgehead atoms. The normalized spacial score (nSPS) is 22.9. The molecule has 0 saturated heterocycles. The Labute approximate surface area is 257 Å². The van der Waals surface area contributed by atoms with Gasteiger partial charge in [-0.1, -0.05) is 80.4 Å². The van der Waals surface area contributed by atoms with Crippen LogP contribution in [0.15, 0.2) is 97.1 Å². The van der Waals surface area contributed by atoms with Gasteiger partial charge in [0.1, 0.15) is 0 Å². The van der Waals surface area contributed by atoms with Gasteiger partial charge in [0.05, 0.1) is 11.2 Å². The summed E-state index contributed by atoms with van der Waals surface area (Å²) in [6, 6.07) is 37.2. The van der Waals surface area contributed by atoms with Gasteiger partial charge >= 0.3 is 0 Å². The third kappa shape index (κ3) is 2.82. The summed E-state index contributed by atoms with van der Waals surface area (Å²) in [7, 11) is 0. The van der Waals surface area contributed by atoms with Crippen molar-refractivity contribution in [3.8, 4) is 0 Å². The average molecular weight is 573 g/mol. The predicted octanol–water partition coefficient (Wildman–Crippen LogP) is 8.72. The van der Waals surface area contributed by atoms with Gasteiger partial charge in [0.25, 0.3) is 6.71 Å². The summed E-state index contributed by atoms with van der Waals surface area (Å²) in [6.45, 7) is 7.63. The van der Waals surface area contributed by atoms with E-state index in [2.05, 4.69) is 128 Å². The Kier molecular flexibility index (Phi) is 4.61. The maximum atomic E-state index is 2.83. The molecule has 3 aliphatic heterocycles. The largest absolute Gasteiger partial charge is 0.335 e. The second-order valence-corrected chi connectivity index (χ2v) is 14.8. The number of para-hydroxylation sites is 2. The topological polar surface area (TPSA) is 6.48 Å². The number of aryl methyl sites for hydroxylation is 1. The van der Waals surface area contributed by atoms with Gasteiger partial charge in [-0.3, -0.25) is 0 Å². The van der Waals surface area contributed by atoms with E-state index in [1.54, 1.807) is 5.56 Å². The van der Waals surface area contributed by atoms with Gasteiger partial charge in [-0.05, 0) is 90.6 Å². The summed E-state index contributed by atoms with van der Waals surface area (Å²) < 4.78 is 2.72. The first-order valence-corrected chi connectivity index (χ1v) is 16.7. The molecule has 4 aliphatic rings. The molecule has 2 nitrogen and oxygen atoms in total. The van der Waals surface area contributed by atoms with Crippen molar-refractivity contribution in [1.82, 2.24) is 0 Å². The number of anilines is 5. The molecule has 1 aromatic heterocycles. The number of fused-ring (bicyclic) bond motifs is 11. The Morgan fingerprint density at radius 3 is 2.37 bits per heavy atom. The van der Waals surface area contributed by atoms with Crippen LogP contribution in [0.3, 0.4) is 0 Å². The van der Waals surface area contributed by atoms with Gasteiger partial charge in [0, 0.05) is 48.3 Å². The number of thiophene rings is 1. The van der Waals surface area contributed by atoms with Crippen LogP contribution in [0.1, 0.15) is 50.7 Å². The number of benzene rings is 5. The van der Waals surface area contributed by atoms with Gasteiger partial charge in [0.15, 0.2) is 0 Å². The van der Waals surface area contributed by atoms with E-state index in [1.165, 1.54) is 96.2 Å². The molecule has 1 unspecified atom stereocenters. The predicted molar refractivity (Wildman–Crippen MR) is 186 cm³/mol. The fraction of sp³-hybridized carbons (Fsp3) is 0.231. The van der Waals surface area contributed by atoms with E-state index >= 15 is 0 Å². The van der Waals surface area contributed by atoms with Crippen LogP contribution in [0.2, 0.25) is 0 Å². The molecule has 1 saturated carbocycles. The number of nitrogens with zero attached hydrogens (tertiary/aromatic N) is 2. The molecule has 1 fully saturated rings. The van der Waals surface area contributed by atoms with Gasteiger partial charge in [-0.15, -0.1) is 11.3 Å². The highest BCUT2D eigenvalue weighted by Gasteiger charge is 2.61. The molecule has 0 spiro atoms. The lowest BCUT2D eigenvalue weighted by molar-refractivity contribution is 0.195. The summed E-state index contributed by atoms with van der Waals surface area (Å²) in [5, 5.41) is 2.75. The summed E-state index contributed by atoms with van der Waals surface area (Å²) in [4.78, 5) is 5.43. The number of rotatable bonds is 1. The van der Waals surface area contributed by atoms with Gasteiger partial charge in [0.2, 0.25) is 0 Å². The highest BCUT2D eigenvalue weighted by atomic mass is 32.1. The lowest BCUT2D eigenvalue weighted by Crippen LogP contribution is -2.64. The number of hydrogen-bond donors (Lipinski definition) is 0. The molecule has 4 heteroatoms. The zero-order valence-corrected chi connectivity index (χ0v) is 25.8. The summed E-state index contributed by atoms with van der Waals surface area (Å²) in [6.07, 6.45) is 5.09. The third-order valence-corrected chi connectivity index (χ3v) is 12.8. The summed E-state index contributed by atoms with van der Waals surface area (Å²) in [5.74, 6) is 0. The first kappa shape index (κ1) is 24.4. The van der Waals surface area contributed by atoms with Crippen molar-refractivity contribution in [2.24, 2.45) is 0 Å². The number of hydrogen-bond acceptors (Lipinski definition) is 3. The van der Waals surface area contributed by atoms with Crippen molar-refractivity contribution < 1.29 is 0 Å². The molecular weight excluding hydrogens is 539 g/mol. The van der Waals surface area contributed by atoms with E-state index in [9.17, 15) is 0 Å². The third-order valence-electron chi connectivity index (χ3n) is 11.6. The van der Waals surface area contributed by atoms with Crippen molar-refractivity contribution in [2.45, 2.75) is 57.4 Å². The molecule has 10 rings (SSSR count). The van der Waals surface area contributed by atoms with Crippen LogP contribution in [0.4, 0.5) is 28.4 Å². The molecule has 1 aliphatic carbocycles. The van der Waals surface area contributed by atoms with Crippen molar-refractivity contribution in [2.75, 3.05) is 9.80 Å². The van der Waals surface area contributed by atoms with Crippen molar-refractivity contribution in [1.29, 1.82) is 0 Å². The Morgan fingerprint density at radius 1 is 0.721 bits per heavy atom. The quantitative estimate of drug-likeness (QED) is 0.182. The minimum absolute atomic E-state index is 0.0571. The van der Waals surface area contributed by atoms with Crippen molar-refractivity contribution in [3.05, 3.63) is 108 Å². The average Bonchev–Trinajstić information content (AvgIpc) is 3.50. The van der Waals surface area contributed by atoms with Crippen LogP contribution < -0.4 is 26.2 Å². The van der Waals surface area contributed by atoms with Crippen LogP contribution in [0.5, 0.6) is 0 Å². The maximum absolute atomic E-state index is 2.83. The smallest absolute Gasteiger partial charge is 0.252 e. The second-order valence-electron chi connectivity index (χ2n) is 13.7. The van der Waals surface area contributed by atoms with E-state index in [-0.39, 0.29) is 17.7 Å². The SMILES string of the molecule is Cc1cc2c3c(c1)N1c4c(cccc4C4(C)CCCC[C@@]14C)B3c1ccc3sc4ccccc4c3c1N2c1ccccc1.